The van der Waals surface area contributed by atoms with Crippen LogP contribution in [0.1, 0.15) is 36.9 Å². The Balaban J connectivity index is 2.84. The number of anilines is 1. The first-order chi connectivity index (χ1) is 6.15. The SMILES string of the molecule is CCC[C@H](N)c1ccc(N)c(C)c1. The van der Waals surface area contributed by atoms with Crippen LogP contribution in [0, 0.1) is 6.92 Å². The molecule has 0 heterocycles. The summed E-state index contributed by atoms with van der Waals surface area (Å²) in [6.45, 7) is 4.15. The van der Waals surface area contributed by atoms with E-state index in [1.54, 1.807) is 0 Å². The second-order valence-electron chi connectivity index (χ2n) is 3.51. The molecule has 0 fully saturated rings. The lowest BCUT2D eigenvalue weighted by atomic mass is 10.0. The first-order valence-electron chi connectivity index (χ1n) is 4.76. The molecule has 72 valence electrons. The number of nitrogens with two attached hydrogens (primary N) is 2. The van der Waals surface area contributed by atoms with Gasteiger partial charge < -0.3 is 11.5 Å². The van der Waals surface area contributed by atoms with Gasteiger partial charge in [-0.1, -0.05) is 25.5 Å². The first kappa shape index (κ1) is 10.1. The molecule has 2 nitrogen and oxygen atoms in total. The van der Waals surface area contributed by atoms with Crippen LogP contribution in [0.3, 0.4) is 0 Å². The van der Waals surface area contributed by atoms with E-state index in [1.165, 1.54) is 5.56 Å². The van der Waals surface area contributed by atoms with Crippen LogP contribution in [0.2, 0.25) is 0 Å². The second-order valence-corrected chi connectivity index (χ2v) is 3.51. The van der Waals surface area contributed by atoms with E-state index >= 15 is 0 Å². The van der Waals surface area contributed by atoms with Crippen molar-refractivity contribution >= 4 is 5.69 Å². The molecule has 0 aliphatic rings. The molecule has 0 aliphatic carbocycles. The Kier molecular flexibility index (Phi) is 3.32. The van der Waals surface area contributed by atoms with Gasteiger partial charge in [0.2, 0.25) is 0 Å². The normalized spacial score (nSPS) is 12.8. The van der Waals surface area contributed by atoms with Gasteiger partial charge in [-0.3, -0.25) is 0 Å². The number of aryl methyl sites for hydroxylation is 1. The fraction of sp³-hybridized carbons (Fsp3) is 0.455. The van der Waals surface area contributed by atoms with Gasteiger partial charge in [0.1, 0.15) is 0 Å². The van der Waals surface area contributed by atoms with Gasteiger partial charge in [-0.15, -0.1) is 0 Å². The Morgan fingerprint density at radius 1 is 1.38 bits per heavy atom. The summed E-state index contributed by atoms with van der Waals surface area (Å²) in [5.74, 6) is 0. The largest absolute Gasteiger partial charge is 0.399 e. The number of hydrogen-bond acceptors (Lipinski definition) is 2. The second kappa shape index (κ2) is 4.28. The van der Waals surface area contributed by atoms with Crippen molar-refractivity contribution in [2.45, 2.75) is 32.7 Å². The molecule has 1 aromatic rings. The van der Waals surface area contributed by atoms with E-state index in [2.05, 4.69) is 13.0 Å². The van der Waals surface area contributed by atoms with E-state index in [0.29, 0.717) is 0 Å². The number of benzene rings is 1. The summed E-state index contributed by atoms with van der Waals surface area (Å²) in [4.78, 5) is 0. The third-order valence-corrected chi connectivity index (χ3v) is 2.32. The summed E-state index contributed by atoms with van der Waals surface area (Å²) < 4.78 is 0. The Bertz CT molecular complexity index is 281. The molecule has 4 N–H and O–H groups in total. The van der Waals surface area contributed by atoms with Crippen LogP contribution in [-0.2, 0) is 0 Å². The molecule has 0 saturated carbocycles. The van der Waals surface area contributed by atoms with E-state index in [1.807, 2.05) is 19.1 Å². The summed E-state index contributed by atoms with van der Waals surface area (Å²) in [5.41, 5.74) is 14.8. The molecule has 1 aromatic carbocycles. The van der Waals surface area contributed by atoms with Crippen LogP contribution in [-0.4, -0.2) is 0 Å². The minimum atomic E-state index is 0.157. The minimum absolute atomic E-state index is 0.157. The van der Waals surface area contributed by atoms with Crippen LogP contribution in [0.25, 0.3) is 0 Å². The van der Waals surface area contributed by atoms with E-state index in [9.17, 15) is 0 Å². The van der Waals surface area contributed by atoms with E-state index in [4.69, 9.17) is 11.5 Å². The molecule has 0 saturated heterocycles. The molecule has 2 heteroatoms. The van der Waals surface area contributed by atoms with Crippen molar-refractivity contribution in [1.29, 1.82) is 0 Å². The molecule has 0 spiro atoms. The highest BCUT2D eigenvalue weighted by atomic mass is 14.6. The molecule has 13 heavy (non-hydrogen) atoms. The number of hydrogen-bond donors (Lipinski definition) is 2. The summed E-state index contributed by atoms with van der Waals surface area (Å²) in [7, 11) is 0. The highest BCUT2D eigenvalue weighted by Gasteiger charge is 2.05. The van der Waals surface area contributed by atoms with Crippen molar-refractivity contribution in [3.05, 3.63) is 29.3 Å². The van der Waals surface area contributed by atoms with Crippen molar-refractivity contribution in [1.82, 2.24) is 0 Å². The van der Waals surface area contributed by atoms with E-state index < -0.39 is 0 Å². The number of nitrogen functional groups attached to an aromatic ring is 1. The Morgan fingerprint density at radius 2 is 2.08 bits per heavy atom. The maximum absolute atomic E-state index is 5.98. The van der Waals surface area contributed by atoms with Gasteiger partial charge in [0, 0.05) is 11.7 Å². The van der Waals surface area contributed by atoms with Gasteiger partial charge >= 0.3 is 0 Å². The fourth-order valence-electron chi connectivity index (χ4n) is 1.41. The van der Waals surface area contributed by atoms with Crippen molar-refractivity contribution < 1.29 is 0 Å². The third-order valence-electron chi connectivity index (χ3n) is 2.32. The quantitative estimate of drug-likeness (QED) is 0.698. The molecule has 0 unspecified atom stereocenters. The summed E-state index contributed by atoms with van der Waals surface area (Å²) in [6, 6.07) is 6.18. The summed E-state index contributed by atoms with van der Waals surface area (Å²) in [5, 5.41) is 0. The highest BCUT2D eigenvalue weighted by molar-refractivity contribution is 5.48. The van der Waals surface area contributed by atoms with Gasteiger partial charge in [0.15, 0.2) is 0 Å². The Hall–Kier alpha value is -1.02. The lowest BCUT2D eigenvalue weighted by Crippen LogP contribution is -2.10. The zero-order valence-corrected chi connectivity index (χ0v) is 8.38. The predicted molar refractivity (Wildman–Crippen MR) is 57.4 cm³/mol. The first-order valence-corrected chi connectivity index (χ1v) is 4.76. The molecule has 0 aliphatic heterocycles. The predicted octanol–water partition coefficient (Wildman–Crippen LogP) is 2.38. The van der Waals surface area contributed by atoms with Crippen LogP contribution in [0.15, 0.2) is 18.2 Å². The van der Waals surface area contributed by atoms with Crippen molar-refractivity contribution in [2.75, 3.05) is 5.73 Å². The van der Waals surface area contributed by atoms with E-state index in [-0.39, 0.29) is 6.04 Å². The highest BCUT2D eigenvalue weighted by Crippen LogP contribution is 2.20. The standard InChI is InChI=1S/C11H18N2/c1-3-4-11(13)9-5-6-10(12)8(2)7-9/h5-7,11H,3-4,12-13H2,1-2H3/t11-/m0/s1. The summed E-state index contributed by atoms with van der Waals surface area (Å²) in [6.07, 6.45) is 2.15. The third kappa shape index (κ3) is 2.46. The maximum Gasteiger partial charge on any atom is 0.0343 e. The topological polar surface area (TPSA) is 52.0 Å². The molecular weight excluding hydrogens is 160 g/mol. The van der Waals surface area contributed by atoms with Crippen molar-refractivity contribution in [3.8, 4) is 0 Å². The minimum Gasteiger partial charge on any atom is -0.399 e. The van der Waals surface area contributed by atoms with Crippen molar-refractivity contribution in [2.24, 2.45) is 5.73 Å². The van der Waals surface area contributed by atoms with Crippen LogP contribution >= 0.6 is 0 Å². The lowest BCUT2D eigenvalue weighted by Gasteiger charge is -2.12. The molecule has 0 amide bonds. The van der Waals surface area contributed by atoms with Gasteiger partial charge in [-0.05, 0) is 30.5 Å². The monoisotopic (exact) mass is 178 g/mol. The molecule has 1 rings (SSSR count). The smallest absolute Gasteiger partial charge is 0.0343 e. The average molecular weight is 178 g/mol. The lowest BCUT2D eigenvalue weighted by molar-refractivity contribution is 0.638. The van der Waals surface area contributed by atoms with Crippen LogP contribution < -0.4 is 11.5 Å². The molecular formula is C11H18N2. The zero-order valence-electron chi connectivity index (χ0n) is 8.38. The van der Waals surface area contributed by atoms with Crippen LogP contribution in [0.5, 0.6) is 0 Å². The fourth-order valence-corrected chi connectivity index (χ4v) is 1.41. The molecule has 0 aromatic heterocycles. The number of rotatable bonds is 3. The van der Waals surface area contributed by atoms with Crippen LogP contribution in [0.4, 0.5) is 5.69 Å². The molecule has 1 atom stereocenters. The zero-order chi connectivity index (χ0) is 9.84. The van der Waals surface area contributed by atoms with Gasteiger partial charge in [0.05, 0.1) is 0 Å². The summed E-state index contributed by atoms with van der Waals surface area (Å²) >= 11 is 0. The Morgan fingerprint density at radius 3 is 2.62 bits per heavy atom. The van der Waals surface area contributed by atoms with E-state index in [0.717, 1.165) is 24.1 Å². The maximum atomic E-state index is 5.98. The van der Waals surface area contributed by atoms with Gasteiger partial charge in [-0.2, -0.15) is 0 Å². The van der Waals surface area contributed by atoms with Gasteiger partial charge in [0.25, 0.3) is 0 Å². The van der Waals surface area contributed by atoms with Gasteiger partial charge in [-0.25, -0.2) is 0 Å². The average Bonchev–Trinajstić information content (AvgIpc) is 2.10. The molecule has 0 radical (unpaired) electrons. The molecule has 0 bridgehead atoms. The Labute approximate surface area is 79.9 Å². The van der Waals surface area contributed by atoms with Crippen molar-refractivity contribution in [3.63, 3.8) is 0 Å².